The van der Waals surface area contributed by atoms with E-state index in [0.29, 0.717) is 18.4 Å². The first kappa shape index (κ1) is 16.3. The molecule has 1 aromatic rings. The van der Waals surface area contributed by atoms with Gasteiger partial charge >= 0.3 is 0 Å². The van der Waals surface area contributed by atoms with Crippen LogP contribution in [0.4, 0.5) is 0 Å². The Hall–Kier alpha value is -2.11. The summed E-state index contributed by atoms with van der Waals surface area (Å²) in [4.78, 5) is 22.0. The minimum atomic E-state index is -0.0377. The molecule has 0 aromatic carbocycles. The van der Waals surface area contributed by atoms with Gasteiger partial charge in [-0.05, 0) is 30.9 Å². The van der Waals surface area contributed by atoms with Gasteiger partial charge in [-0.15, -0.1) is 0 Å². The second-order valence-corrected chi connectivity index (χ2v) is 5.77. The zero-order chi connectivity index (χ0) is 15.8. The molecule has 0 atom stereocenters. The summed E-state index contributed by atoms with van der Waals surface area (Å²) in [6.07, 6.45) is 6.33. The highest BCUT2D eigenvalue weighted by Crippen LogP contribution is 2.24. The number of nitrogens with zero attached hydrogens (tertiary/aromatic N) is 3. The number of nitrogens with one attached hydrogen (secondary N) is 1. The van der Waals surface area contributed by atoms with Gasteiger partial charge in [-0.3, -0.25) is 9.78 Å². The highest BCUT2D eigenvalue weighted by molar-refractivity contribution is 5.83. The van der Waals surface area contributed by atoms with Crippen LogP contribution in [-0.2, 0) is 11.2 Å². The van der Waals surface area contributed by atoms with E-state index in [-0.39, 0.29) is 12.5 Å². The number of rotatable bonds is 7. The number of hydrogen-bond donors (Lipinski definition) is 2. The number of likely N-dealkylation sites (N-methyl/N-ethyl adjacent to an activating group) is 1. The molecule has 3 N–H and O–H groups in total. The van der Waals surface area contributed by atoms with Crippen molar-refractivity contribution in [3.63, 3.8) is 0 Å². The molecular formula is C16H25N5O. The van der Waals surface area contributed by atoms with Crippen LogP contribution in [0.3, 0.4) is 0 Å². The second-order valence-electron chi connectivity index (χ2n) is 5.77. The van der Waals surface area contributed by atoms with Gasteiger partial charge in [0.2, 0.25) is 5.91 Å². The third kappa shape index (κ3) is 5.35. The first-order chi connectivity index (χ1) is 10.6. The lowest BCUT2D eigenvalue weighted by atomic mass is 9.85. The molecule has 0 aliphatic heterocycles. The molecule has 1 aliphatic rings. The number of aromatic nitrogens is 1. The summed E-state index contributed by atoms with van der Waals surface area (Å²) in [5.74, 6) is 1.04. The van der Waals surface area contributed by atoms with Gasteiger partial charge in [-0.1, -0.05) is 12.5 Å². The van der Waals surface area contributed by atoms with Gasteiger partial charge in [-0.25, -0.2) is 4.99 Å². The molecule has 6 heteroatoms. The fourth-order valence-corrected chi connectivity index (χ4v) is 2.23. The van der Waals surface area contributed by atoms with Crippen LogP contribution in [0.5, 0.6) is 0 Å². The summed E-state index contributed by atoms with van der Waals surface area (Å²) >= 11 is 0. The molecule has 1 aliphatic carbocycles. The fourth-order valence-electron chi connectivity index (χ4n) is 2.23. The van der Waals surface area contributed by atoms with Gasteiger partial charge in [0.25, 0.3) is 0 Å². The van der Waals surface area contributed by atoms with Crippen LogP contribution in [0.1, 0.15) is 25.0 Å². The van der Waals surface area contributed by atoms with Gasteiger partial charge in [0.05, 0.1) is 0 Å². The number of aliphatic imine (C=N–C) groups is 1. The summed E-state index contributed by atoms with van der Waals surface area (Å²) in [6, 6.07) is 5.79. The van der Waals surface area contributed by atoms with Gasteiger partial charge < -0.3 is 16.0 Å². The Morgan fingerprint density at radius 2 is 2.32 bits per heavy atom. The number of guanidine groups is 1. The highest BCUT2D eigenvalue weighted by atomic mass is 16.2. The summed E-state index contributed by atoms with van der Waals surface area (Å²) in [7, 11) is 1.78. The van der Waals surface area contributed by atoms with Gasteiger partial charge in [0.1, 0.15) is 6.54 Å². The van der Waals surface area contributed by atoms with Gasteiger partial charge in [0.15, 0.2) is 5.96 Å². The van der Waals surface area contributed by atoms with Crippen molar-refractivity contribution in [1.82, 2.24) is 15.2 Å². The van der Waals surface area contributed by atoms with E-state index in [4.69, 9.17) is 5.73 Å². The molecule has 1 saturated carbocycles. The number of nitrogens with two attached hydrogens (primary N) is 1. The Labute approximate surface area is 131 Å². The second kappa shape index (κ2) is 8.36. The van der Waals surface area contributed by atoms with Crippen molar-refractivity contribution >= 4 is 11.9 Å². The van der Waals surface area contributed by atoms with Crippen LogP contribution >= 0.6 is 0 Å². The lowest BCUT2D eigenvalue weighted by Gasteiger charge is -2.25. The molecule has 1 aromatic heterocycles. The van der Waals surface area contributed by atoms with E-state index in [1.165, 1.54) is 19.3 Å². The third-order valence-electron chi connectivity index (χ3n) is 4.04. The highest BCUT2D eigenvalue weighted by Gasteiger charge is 2.17. The smallest absolute Gasteiger partial charge is 0.244 e. The van der Waals surface area contributed by atoms with E-state index in [1.54, 1.807) is 18.1 Å². The number of hydrogen-bond acceptors (Lipinski definition) is 3. The van der Waals surface area contributed by atoms with Crippen molar-refractivity contribution in [3.05, 3.63) is 30.1 Å². The van der Waals surface area contributed by atoms with Crippen molar-refractivity contribution in [2.75, 3.05) is 26.7 Å². The molecule has 0 bridgehead atoms. The SMILES string of the molecule is CN(CCc1ccccn1)C(=O)CN=C(N)NCC1CCC1. The molecule has 22 heavy (non-hydrogen) atoms. The molecule has 120 valence electrons. The van der Waals surface area contributed by atoms with Gasteiger partial charge in [0, 0.05) is 38.4 Å². The fraction of sp³-hybridized carbons (Fsp3) is 0.562. The molecule has 1 amide bonds. The molecule has 6 nitrogen and oxygen atoms in total. The van der Waals surface area contributed by atoms with Crippen molar-refractivity contribution in [2.24, 2.45) is 16.6 Å². The number of carbonyl (C=O) groups excluding carboxylic acids is 1. The molecule has 1 heterocycles. The molecular weight excluding hydrogens is 278 g/mol. The zero-order valence-corrected chi connectivity index (χ0v) is 13.2. The van der Waals surface area contributed by atoms with Crippen molar-refractivity contribution in [3.8, 4) is 0 Å². The standard InChI is InChI=1S/C16H25N5O/c1-21(10-8-14-7-2-3-9-18-14)15(22)12-20-16(17)19-11-13-5-4-6-13/h2-3,7,9,13H,4-6,8,10-12H2,1H3,(H3,17,19,20). The summed E-state index contributed by atoms with van der Waals surface area (Å²) < 4.78 is 0. The maximum absolute atomic E-state index is 12.0. The Morgan fingerprint density at radius 3 is 2.95 bits per heavy atom. The molecule has 0 radical (unpaired) electrons. The normalized spacial score (nSPS) is 15.2. The summed E-state index contributed by atoms with van der Waals surface area (Å²) in [6.45, 7) is 1.57. The van der Waals surface area contributed by atoms with E-state index in [1.807, 2.05) is 18.2 Å². The number of amides is 1. The van der Waals surface area contributed by atoms with E-state index < -0.39 is 0 Å². The Bertz CT molecular complexity index is 499. The predicted molar refractivity (Wildman–Crippen MR) is 87.4 cm³/mol. The predicted octanol–water partition coefficient (Wildman–Crippen LogP) is 0.787. The van der Waals surface area contributed by atoms with E-state index >= 15 is 0 Å². The maximum atomic E-state index is 12.0. The first-order valence-corrected chi connectivity index (χ1v) is 7.83. The van der Waals surface area contributed by atoms with E-state index in [0.717, 1.165) is 18.7 Å². The lowest BCUT2D eigenvalue weighted by molar-refractivity contribution is -0.128. The number of pyridine rings is 1. The molecule has 0 saturated heterocycles. The van der Waals surface area contributed by atoms with Crippen molar-refractivity contribution in [1.29, 1.82) is 0 Å². The zero-order valence-electron chi connectivity index (χ0n) is 13.2. The van der Waals surface area contributed by atoms with Crippen LogP contribution in [0, 0.1) is 5.92 Å². The maximum Gasteiger partial charge on any atom is 0.244 e. The van der Waals surface area contributed by atoms with E-state index in [9.17, 15) is 4.79 Å². The topological polar surface area (TPSA) is 83.6 Å². The van der Waals surface area contributed by atoms with Crippen LogP contribution in [0.25, 0.3) is 0 Å². The molecule has 0 spiro atoms. The Balaban J connectivity index is 1.66. The monoisotopic (exact) mass is 303 g/mol. The van der Waals surface area contributed by atoms with Crippen LogP contribution in [0.15, 0.2) is 29.4 Å². The van der Waals surface area contributed by atoms with Crippen molar-refractivity contribution < 1.29 is 4.79 Å². The lowest BCUT2D eigenvalue weighted by Crippen LogP contribution is -2.38. The van der Waals surface area contributed by atoms with Gasteiger partial charge in [-0.2, -0.15) is 0 Å². The van der Waals surface area contributed by atoms with Crippen LogP contribution in [-0.4, -0.2) is 48.4 Å². The van der Waals surface area contributed by atoms with Crippen LogP contribution in [0.2, 0.25) is 0 Å². The molecule has 2 rings (SSSR count). The minimum absolute atomic E-state index is 0.0377. The summed E-state index contributed by atoms with van der Waals surface area (Å²) in [5.41, 5.74) is 6.75. The Kier molecular flexibility index (Phi) is 6.18. The summed E-state index contributed by atoms with van der Waals surface area (Å²) in [5, 5.41) is 3.08. The quantitative estimate of drug-likeness (QED) is 0.576. The number of carbonyl (C=O) groups is 1. The van der Waals surface area contributed by atoms with Crippen LogP contribution < -0.4 is 11.1 Å². The molecule has 0 unspecified atom stereocenters. The largest absolute Gasteiger partial charge is 0.370 e. The first-order valence-electron chi connectivity index (χ1n) is 7.83. The van der Waals surface area contributed by atoms with Crippen molar-refractivity contribution in [2.45, 2.75) is 25.7 Å². The Morgan fingerprint density at radius 1 is 1.50 bits per heavy atom. The third-order valence-corrected chi connectivity index (χ3v) is 4.04. The average Bonchev–Trinajstić information content (AvgIpc) is 2.49. The van der Waals surface area contributed by atoms with E-state index in [2.05, 4.69) is 15.3 Å². The molecule has 1 fully saturated rings. The minimum Gasteiger partial charge on any atom is -0.370 e. The average molecular weight is 303 g/mol.